The van der Waals surface area contributed by atoms with Crippen molar-refractivity contribution in [1.29, 1.82) is 0 Å². The van der Waals surface area contributed by atoms with E-state index in [4.69, 9.17) is 0 Å². The van der Waals surface area contributed by atoms with E-state index < -0.39 is 9.84 Å². The van der Waals surface area contributed by atoms with Gasteiger partial charge in [-0.05, 0) is 44.2 Å². The minimum Gasteiger partial charge on any atom is -0.355 e. The summed E-state index contributed by atoms with van der Waals surface area (Å²) < 4.78 is 24.2. The predicted octanol–water partition coefficient (Wildman–Crippen LogP) is 0.850. The lowest BCUT2D eigenvalue weighted by atomic mass is 9.81. The Morgan fingerprint density at radius 1 is 1.25 bits per heavy atom. The van der Waals surface area contributed by atoms with Gasteiger partial charge in [-0.1, -0.05) is 19.8 Å². The third-order valence-electron chi connectivity index (χ3n) is 4.67. The van der Waals surface area contributed by atoms with E-state index in [-0.39, 0.29) is 22.3 Å². The van der Waals surface area contributed by atoms with Gasteiger partial charge in [0, 0.05) is 6.54 Å². The van der Waals surface area contributed by atoms with Crippen LogP contribution in [-0.4, -0.2) is 45.0 Å². The highest BCUT2D eigenvalue weighted by atomic mass is 32.2. The second kappa shape index (κ2) is 6.43. The Balaban J connectivity index is 1.80. The SMILES string of the molecule is CC1(CNC(=O)CS(=O)(=O)C2CCCC2)CCNCC1. The van der Waals surface area contributed by atoms with E-state index in [0.29, 0.717) is 6.54 Å². The number of amides is 1. The molecule has 0 aromatic rings. The number of sulfone groups is 1. The highest BCUT2D eigenvalue weighted by Gasteiger charge is 2.32. The van der Waals surface area contributed by atoms with Crippen molar-refractivity contribution in [1.82, 2.24) is 10.6 Å². The first-order chi connectivity index (χ1) is 9.41. The molecule has 1 saturated carbocycles. The summed E-state index contributed by atoms with van der Waals surface area (Å²) in [6.45, 7) is 4.66. The Kier molecular flexibility index (Phi) is 5.07. The maximum absolute atomic E-state index is 12.1. The molecule has 6 heteroatoms. The van der Waals surface area contributed by atoms with Crippen LogP contribution in [0.4, 0.5) is 0 Å². The fourth-order valence-corrected chi connectivity index (χ4v) is 4.87. The Morgan fingerprint density at radius 3 is 2.45 bits per heavy atom. The van der Waals surface area contributed by atoms with Crippen LogP contribution in [0.5, 0.6) is 0 Å². The van der Waals surface area contributed by atoms with E-state index >= 15 is 0 Å². The number of rotatable bonds is 5. The summed E-state index contributed by atoms with van der Waals surface area (Å²) in [7, 11) is -3.26. The summed E-state index contributed by atoms with van der Waals surface area (Å²) in [6.07, 6.45) is 5.41. The molecule has 2 fully saturated rings. The van der Waals surface area contributed by atoms with Crippen molar-refractivity contribution in [2.24, 2.45) is 5.41 Å². The average molecular weight is 302 g/mol. The third-order valence-corrected chi connectivity index (χ3v) is 6.82. The van der Waals surface area contributed by atoms with Gasteiger partial charge in [0.05, 0.1) is 5.25 Å². The highest BCUT2D eigenvalue weighted by molar-refractivity contribution is 7.92. The summed E-state index contributed by atoms with van der Waals surface area (Å²) in [5.74, 6) is -0.678. The smallest absolute Gasteiger partial charge is 0.235 e. The van der Waals surface area contributed by atoms with Gasteiger partial charge in [0.25, 0.3) is 0 Å². The minimum absolute atomic E-state index is 0.0953. The lowest BCUT2D eigenvalue weighted by Crippen LogP contribution is -2.44. The van der Waals surface area contributed by atoms with Crippen molar-refractivity contribution >= 4 is 15.7 Å². The standard InChI is InChI=1S/C14H26N2O3S/c1-14(6-8-15-9-7-14)11-16-13(17)10-20(18,19)12-4-2-3-5-12/h12,15H,2-11H2,1H3,(H,16,17). The van der Waals surface area contributed by atoms with E-state index in [2.05, 4.69) is 17.6 Å². The lowest BCUT2D eigenvalue weighted by molar-refractivity contribution is -0.119. The molecule has 0 unspecified atom stereocenters. The van der Waals surface area contributed by atoms with Crippen molar-refractivity contribution in [2.45, 2.75) is 50.7 Å². The first kappa shape index (κ1) is 15.8. The first-order valence-electron chi connectivity index (χ1n) is 7.60. The maximum atomic E-state index is 12.1. The molecule has 1 heterocycles. The van der Waals surface area contributed by atoms with Crippen LogP contribution in [0.2, 0.25) is 0 Å². The van der Waals surface area contributed by atoms with E-state index in [9.17, 15) is 13.2 Å². The Hall–Kier alpha value is -0.620. The molecule has 2 N–H and O–H groups in total. The first-order valence-corrected chi connectivity index (χ1v) is 9.32. The van der Waals surface area contributed by atoms with E-state index in [1.165, 1.54) is 0 Å². The molecule has 5 nitrogen and oxygen atoms in total. The van der Waals surface area contributed by atoms with Gasteiger partial charge in [-0.25, -0.2) is 8.42 Å². The van der Waals surface area contributed by atoms with Gasteiger partial charge in [-0.3, -0.25) is 4.79 Å². The normalized spacial score (nSPS) is 23.6. The molecule has 2 rings (SSSR count). The number of nitrogens with one attached hydrogen (secondary N) is 2. The van der Waals surface area contributed by atoms with Crippen LogP contribution in [0.1, 0.15) is 45.4 Å². The molecule has 1 aliphatic heterocycles. The van der Waals surface area contributed by atoms with E-state index in [0.717, 1.165) is 51.6 Å². The molecule has 0 aromatic heterocycles. The second-order valence-electron chi connectivity index (χ2n) is 6.55. The molecule has 0 radical (unpaired) electrons. The van der Waals surface area contributed by atoms with Gasteiger partial charge in [-0.2, -0.15) is 0 Å². The van der Waals surface area contributed by atoms with E-state index in [1.807, 2.05) is 0 Å². The van der Waals surface area contributed by atoms with Crippen molar-refractivity contribution < 1.29 is 13.2 Å². The zero-order valence-corrected chi connectivity index (χ0v) is 13.1. The largest absolute Gasteiger partial charge is 0.355 e. The summed E-state index contributed by atoms with van der Waals surface area (Å²) >= 11 is 0. The Labute approximate surface area is 121 Å². The monoisotopic (exact) mass is 302 g/mol. The summed E-state index contributed by atoms with van der Waals surface area (Å²) in [5, 5.41) is 5.83. The van der Waals surface area contributed by atoms with Crippen LogP contribution in [-0.2, 0) is 14.6 Å². The molecule has 1 saturated heterocycles. The van der Waals surface area contributed by atoms with Gasteiger partial charge in [0.15, 0.2) is 9.84 Å². The van der Waals surface area contributed by atoms with Crippen LogP contribution >= 0.6 is 0 Å². The Morgan fingerprint density at radius 2 is 1.85 bits per heavy atom. The molecule has 0 aromatic carbocycles. The van der Waals surface area contributed by atoms with Gasteiger partial charge in [0.2, 0.25) is 5.91 Å². The molecule has 2 aliphatic rings. The van der Waals surface area contributed by atoms with Gasteiger partial charge in [-0.15, -0.1) is 0 Å². The van der Waals surface area contributed by atoms with Crippen molar-refractivity contribution in [3.63, 3.8) is 0 Å². The molecule has 20 heavy (non-hydrogen) atoms. The highest BCUT2D eigenvalue weighted by Crippen LogP contribution is 2.27. The van der Waals surface area contributed by atoms with Gasteiger partial charge >= 0.3 is 0 Å². The second-order valence-corrected chi connectivity index (χ2v) is 8.83. The zero-order chi connectivity index (χ0) is 14.6. The van der Waals surface area contributed by atoms with Gasteiger partial charge < -0.3 is 10.6 Å². The number of carbonyl (C=O) groups excluding carboxylic acids is 1. The Bertz CT molecular complexity index is 435. The number of carbonyl (C=O) groups is 1. The summed E-state index contributed by atoms with van der Waals surface area (Å²) in [5.41, 5.74) is 0.0953. The molecule has 0 bridgehead atoms. The molecule has 1 amide bonds. The van der Waals surface area contributed by atoms with Crippen LogP contribution in [0.15, 0.2) is 0 Å². The quantitative estimate of drug-likeness (QED) is 0.789. The lowest BCUT2D eigenvalue weighted by Gasteiger charge is -2.34. The molecular weight excluding hydrogens is 276 g/mol. The van der Waals surface area contributed by atoms with Crippen LogP contribution in [0.25, 0.3) is 0 Å². The molecule has 0 spiro atoms. The topological polar surface area (TPSA) is 75.3 Å². The third kappa shape index (κ3) is 4.19. The number of piperidine rings is 1. The van der Waals surface area contributed by atoms with Crippen LogP contribution in [0, 0.1) is 5.41 Å². The fraction of sp³-hybridized carbons (Fsp3) is 0.929. The molecule has 1 aliphatic carbocycles. The summed E-state index contributed by atoms with van der Waals surface area (Å²) in [4.78, 5) is 11.9. The predicted molar refractivity (Wildman–Crippen MR) is 79.3 cm³/mol. The zero-order valence-electron chi connectivity index (χ0n) is 12.3. The van der Waals surface area contributed by atoms with Crippen molar-refractivity contribution in [3.05, 3.63) is 0 Å². The summed E-state index contributed by atoms with van der Waals surface area (Å²) in [6, 6.07) is 0. The van der Waals surface area contributed by atoms with Crippen molar-refractivity contribution in [2.75, 3.05) is 25.4 Å². The number of hydrogen-bond acceptors (Lipinski definition) is 4. The fourth-order valence-electron chi connectivity index (χ4n) is 3.12. The molecule has 0 atom stereocenters. The van der Waals surface area contributed by atoms with Crippen LogP contribution in [0.3, 0.4) is 0 Å². The molecule has 116 valence electrons. The van der Waals surface area contributed by atoms with E-state index in [1.54, 1.807) is 0 Å². The minimum atomic E-state index is -3.26. The average Bonchev–Trinajstić information content (AvgIpc) is 2.92. The van der Waals surface area contributed by atoms with Gasteiger partial charge in [0.1, 0.15) is 5.75 Å². The van der Waals surface area contributed by atoms with Crippen molar-refractivity contribution in [3.8, 4) is 0 Å². The molecular formula is C14H26N2O3S. The maximum Gasteiger partial charge on any atom is 0.235 e. The van der Waals surface area contributed by atoms with Crippen LogP contribution < -0.4 is 10.6 Å². The number of hydrogen-bond donors (Lipinski definition) is 2.